The Morgan fingerprint density at radius 2 is 1.96 bits per heavy atom. The molecule has 2 aromatic heterocycles. The molecule has 0 saturated heterocycles. The average molecular weight is 310 g/mol. The van der Waals surface area contributed by atoms with Crippen molar-refractivity contribution in [3.8, 4) is 5.75 Å². The fraction of sp³-hybridized carbons (Fsp3) is 0.0556. The second kappa shape index (κ2) is 6.36. The number of anilines is 1. The van der Waals surface area contributed by atoms with Gasteiger partial charge in [0.2, 0.25) is 5.95 Å². The van der Waals surface area contributed by atoms with E-state index in [1.54, 1.807) is 61.7 Å². The predicted octanol–water partition coefficient (Wildman–Crippen LogP) is 4.44. The van der Waals surface area contributed by atoms with Crippen molar-refractivity contribution in [2.45, 2.75) is 0 Å². The van der Waals surface area contributed by atoms with Crippen LogP contribution in [0.2, 0.25) is 0 Å². The minimum Gasteiger partial charge on any atom is -0.508 e. The highest BCUT2D eigenvalue weighted by Gasteiger charge is 2.02. The fourth-order valence-corrected chi connectivity index (χ4v) is 2.15. The summed E-state index contributed by atoms with van der Waals surface area (Å²) in [5, 5.41) is 13.0. The first-order valence-corrected chi connectivity index (χ1v) is 7.07. The molecule has 0 unspecified atom stereocenters. The van der Waals surface area contributed by atoms with Crippen LogP contribution in [0.4, 0.5) is 10.2 Å². The van der Waals surface area contributed by atoms with Gasteiger partial charge in [-0.3, -0.25) is 0 Å². The van der Waals surface area contributed by atoms with Gasteiger partial charge in [0, 0.05) is 18.0 Å². The van der Waals surface area contributed by atoms with Crippen LogP contribution in [0.3, 0.4) is 0 Å². The summed E-state index contributed by atoms with van der Waals surface area (Å²) in [4.78, 5) is 3.77. The zero-order chi connectivity index (χ0) is 16.2. The number of nitrogens with one attached hydrogen (secondary N) is 1. The Morgan fingerprint density at radius 3 is 2.74 bits per heavy atom. The lowest BCUT2D eigenvalue weighted by Gasteiger charge is -2.00. The molecule has 5 heteroatoms. The van der Waals surface area contributed by atoms with Crippen LogP contribution >= 0.6 is 0 Å². The Kier molecular flexibility index (Phi) is 4.10. The molecule has 2 heterocycles. The lowest BCUT2D eigenvalue weighted by atomic mass is 10.2. The van der Waals surface area contributed by atoms with E-state index in [1.807, 2.05) is 6.07 Å². The molecule has 0 fully saturated rings. The van der Waals surface area contributed by atoms with E-state index in [0.29, 0.717) is 22.7 Å². The highest BCUT2D eigenvalue weighted by atomic mass is 19.1. The number of allylic oxidation sites excluding steroid dienone is 2. The Balaban J connectivity index is 1.74. The van der Waals surface area contributed by atoms with E-state index < -0.39 is 5.95 Å². The maximum atomic E-state index is 13.7. The Bertz CT molecular complexity index is 897. The number of hydrogen-bond donors (Lipinski definition) is 2. The van der Waals surface area contributed by atoms with Crippen molar-refractivity contribution in [1.82, 2.24) is 4.98 Å². The van der Waals surface area contributed by atoms with Crippen molar-refractivity contribution in [2.24, 2.45) is 0 Å². The SMILES string of the molecule is CNc1ccc(/C=C/C=C/c2cc3cc(O)ccc3o2)c(F)n1. The normalized spacial score (nSPS) is 11.7. The molecular weight excluding hydrogens is 295 g/mol. The van der Waals surface area contributed by atoms with Crippen LogP contribution in [0.1, 0.15) is 11.3 Å². The van der Waals surface area contributed by atoms with E-state index in [9.17, 15) is 9.50 Å². The number of nitrogens with zero attached hydrogens (tertiary/aromatic N) is 1. The van der Waals surface area contributed by atoms with Crippen LogP contribution in [0.25, 0.3) is 23.1 Å². The second-order valence-electron chi connectivity index (χ2n) is 4.92. The summed E-state index contributed by atoms with van der Waals surface area (Å²) in [5.74, 6) is 0.808. The highest BCUT2D eigenvalue weighted by Crippen LogP contribution is 2.24. The first kappa shape index (κ1) is 14.8. The molecule has 0 aliphatic rings. The number of fused-ring (bicyclic) bond motifs is 1. The van der Waals surface area contributed by atoms with Crippen molar-refractivity contribution in [3.63, 3.8) is 0 Å². The van der Waals surface area contributed by atoms with Gasteiger partial charge in [0.25, 0.3) is 0 Å². The van der Waals surface area contributed by atoms with Gasteiger partial charge in [-0.2, -0.15) is 4.39 Å². The molecule has 0 aliphatic carbocycles. The number of phenols is 1. The molecular formula is C18H15FN2O2. The van der Waals surface area contributed by atoms with Gasteiger partial charge in [-0.05, 0) is 42.5 Å². The molecule has 0 bridgehead atoms. The van der Waals surface area contributed by atoms with E-state index in [4.69, 9.17) is 4.42 Å². The lowest BCUT2D eigenvalue weighted by molar-refractivity contribution is 0.476. The lowest BCUT2D eigenvalue weighted by Crippen LogP contribution is -1.95. The zero-order valence-electron chi connectivity index (χ0n) is 12.5. The number of pyridine rings is 1. The minimum absolute atomic E-state index is 0.196. The molecule has 3 rings (SSSR count). The van der Waals surface area contributed by atoms with Gasteiger partial charge >= 0.3 is 0 Å². The number of aromatic hydroxyl groups is 1. The third kappa shape index (κ3) is 3.40. The van der Waals surface area contributed by atoms with Gasteiger partial charge in [0.15, 0.2) is 0 Å². The van der Waals surface area contributed by atoms with Crippen molar-refractivity contribution < 1.29 is 13.9 Å². The highest BCUT2D eigenvalue weighted by molar-refractivity contribution is 5.81. The summed E-state index contributed by atoms with van der Waals surface area (Å²) >= 11 is 0. The molecule has 4 nitrogen and oxygen atoms in total. The Hall–Kier alpha value is -3.08. The van der Waals surface area contributed by atoms with Gasteiger partial charge in [-0.25, -0.2) is 4.98 Å². The van der Waals surface area contributed by atoms with E-state index in [1.165, 1.54) is 0 Å². The first-order valence-electron chi connectivity index (χ1n) is 7.07. The van der Waals surface area contributed by atoms with Crippen LogP contribution in [0.5, 0.6) is 5.75 Å². The number of phenolic OH excluding ortho intramolecular Hbond substituents is 1. The van der Waals surface area contributed by atoms with Crippen LogP contribution in [0, 0.1) is 5.95 Å². The summed E-state index contributed by atoms with van der Waals surface area (Å²) in [6, 6.07) is 10.1. The summed E-state index contributed by atoms with van der Waals surface area (Å²) in [6.07, 6.45) is 6.86. The monoisotopic (exact) mass is 310 g/mol. The molecule has 0 radical (unpaired) electrons. The largest absolute Gasteiger partial charge is 0.508 e. The van der Waals surface area contributed by atoms with Gasteiger partial charge in [-0.15, -0.1) is 0 Å². The minimum atomic E-state index is -0.527. The summed E-state index contributed by atoms with van der Waals surface area (Å²) in [7, 11) is 1.69. The fourth-order valence-electron chi connectivity index (χ4n) is 2.15. The molecule has 23 heavy (non-hydrogen) atoms. The van der Waals surface area contributed by atoms with E-state index >= 15 is 0 Å². The van der Waals surface area contributed by atoms with E-state index in [0.717, 1.165) is 5.39 Å². The van der Waals surface area contributed by atoms with Gasteiger partial charge in [0.1, 0.15) is 22.9 Å². The number of hydrogen-bond acceptors (Lipinski definition) is 4. The van der Waals surface area contributed by atoms with Crippen LogP contribution in [-0.2, 0) is 0 Å². The van der Waals surface area contributed by atoms with Crippen LogP contribution in [-0.4, -0.2) is 17.1 Å². The number of aromatic nitrogens is 1. The molecule has 0 aliphatic heterocycles. The first-order chi connectivity index (χ1) is 11.2. The third-order valence-electron chi connectivity index (χ3n) is 3.30. The standard InChI is InChI=1S/C18H15FN2O2/c1-20-17-9-6-12(18(19)21-17)4-2-3-5-15-11-13-10-14(22)7-8-16(13)23-15/h2-11,22H,1H3,(H,20,21)/b4-2+,5-3+. The van der Waals surface area contributed by atoms with Gasteiger partial charge in [-0.1, -0.05) is 18.2 Å². The van der Waals surface area contributed by atoms with Crippen molar-refractivity contribution >= 4 is 28.9 Å². The Morgan fingerprint density at radius 1 is 1.13 bits per heavy atom. The van der Waals surface area contributed by atoms with Gasteiger partial charge < -0.3 is 14.8 Å². The molecule has 0 saturated carbocycles. The molecule has 3 aromatic rings. The maximum absolute atomic E-state index is 13.7. The summed E-state index contributed by atoms with van der Waals surface area (Å²) < 4.78 is 19.3. The molecule has 1 aromatic carbocycles. The average Bonchev–Trinajstić information content (AvgIpc) is 2.94. The molecule has 116 valence electrons. The summed E-state index contributed by atoms with van der Waals surface area (Å²) in [5.41, 5.74) is 1.10. The van der Waals surface area contributed by atoms with Crippen molar-refractivity contribution in [1.29, 1.82) is 0 Å². The third-order valence-corrected chi connectivity index (χ3v) is 3.30. The zero-order valence-corrected chi connectivity index (χ0v) is 12.5. The quantitative estimate of drug-likeness (QED) is 0.552. The van der Waals surface area contributed by atoms with Crippen LogP contribution in [0.15, 0.2) is 53.0 Å². The number of rotatable bonds is 4. The smallest absolute Gasteiger partial charge is 0.222 e. The Labute approximate surface area is 132 Å². The van der Waals surface area contributed by atoms with Crippen LogP contribution < -0.4 is 5.32 Å². The van der Waals surface area contributed by atoms with E-state index in [2.05, 4.69) is 10.3 Å². The number of furan rings is 1. The molecule has 0 amide bonds. The topological polar surface area (TPSA) is 58.3 Å². The maximum Gasteiger partial charge on any atom is 0.222 e. The van der Waals surface area contributed by atoms with Crippen molar-refractivity contribution in [3.05, 3.63) is 65.8 Å². The molecule has 0 atom stereocenters. The second-order valence-corrected chi connectivity index (χ2v) is 4.92. The predicted molar refractivity (Wildman–Crippen MR) is 89.7 cm³/mol. The number of benzene rings is 1. The van der Waals surface area contributed by atoms with Gasteiger partial charge in [0.05, 0.1) is 0 Å². The molecule has 2 N–H and O–H groups in total. The van der Waals surface area contributed by atoms with E-state index in [-0.39, 0.29) is 5.75 Å². The number of halogens is 1. The van der Waals surface area contributed by atoms with Crippen molar-refractivity contribution in [2.75, 3.05) is 12.4 Å². The molecule has 0 spiro atoms. The summed E-state index contributed by atoms with van der Waals surface area (Å²) in [6.45, 7) is 0.